The second-order valence-electron chi connectivity index (χ2n) is 5.69. The first-order chi connectivity index (χ1) is 12.0. The fourth-order valence-electron chi connectivity index (χ4n) is 2.35. The van der Waals surface area contributed by atoms with Gasteiger partial charge in [0.05, 0.1) is 30.4 Å². The van der Waals surface area contributed by atoms with Crippen molar-refractivity contribution < 1.29 is 13.2 Å². The second kappa shape index (κ2) is 6.98. The Balaban J connectivity index is 1.72. The van der Waals surface area contributed by atoms with Gasteiger partial charge in [-0.3, -0.25) is 9.40 Å². The molecule has 0 unspecified atom stereocenters. The molecule has 0 saturated carbocycles. The summed E-state index contributed by atoms with van der Waals surface area (Å²) in [5.74, 6) is 0.602. The molecule has 0 saturated heterocycles. The lowest BCUT2D eigenvalue weighted by molar-refractivity contribution is 0.414. The van der Waals surface area contributed by atoms with Crippen LogP contribution in [0, 0.1) is 6.92 Å². The maximum absolute atomic E-state index is 12.4. The fraction of sp³-hybridized carbons (Fsp3) is 0.167. The van der Waals surface area contributed by atoms with Gasteiger partial charge in [-0.05, 0) is 36.8 Å². The first-order valence-corrected chi connectivity index (χ1v) is 9.19. The molecule has 130 valence electrons. The molecule has 0 aliphatic heterocycles. The van der Waals surface area contributed by atoms with E-state index < -0.39 is 10.0 Å². The van der Waals surface area contributed by atoms with Gasteiger partial charge >= 0.3 is 0 Å². The average Bonchev–Trinajstić information content (AvgIpc) is 3.03. The molecule has 0 aliphatic rings. The first-order valence-electron chi connectivity index (χ1n) is 7.71. The number of anilines is 1. The molecule has 0 amide bonds. The first kappa shape index (κ1) is 17.0. The third-order valence-electron chi connectivity index (χ3n) is 3.72. The Bertz CT molecular complexity index is 946. The van der Waals surface area contributed by atoms with Crippen LogP contribution in [0.2, 0.25) is 0 Å². The maximum Gasteiger partial charge on any atom is 0.261 e. The number of methoxy groups -OCH3 is 1. The molecule has 0 spiro atoms. The minimum atomic E-state index is -3.66. The summed E-state index contributed by atoms with van der Waals surface area (Å²) in [5, 5.41) is 4.21. The Labute approximate surface area is 147 Å². The number of nitrogens with one attached hydrogen (secondary N) is 1. The van der Waals surface area contributed by atoms with Crippen molar-refractivity contribution >= 4 is 15.7 Å². The quantitative estimate of drug-likeness (QED) is 0.736. The van der Waals surface area contributed by atoms with Gasteiger partial charge in [-0.1, -0.05) is 29.8 Å². The summed E-state index contributed by atoms with van der Waals surface area (Å²) in [7, 11) is -2.13. The molecule has 6 nitrogen and oxygen atoms in total. The van der Waals surface area contributed by atoms with Gasteiger partial charge in [0, 0.05) is 6.20 Å². The summed E-state index contributed by atoms with van der Waals surface area (Å²) in [4.78, 5) is 0.166. The highest BCUT2D eigenvalue weighted by Gasteiger charge is 2.15. The average molecular weight is 357 g/mol. The molecular weight excluding hydrogens is 338 g/mol. The van der Waals surface area contributed by atoms with Crippen LogP contribution < -0.4 is 9.46 Å². The molecular formula is C18H19N3O3S. The zero-order chi connectivity index (χ0) is 17.9. The number of aromatic nitrogens is 2. The summed E-state index contributed by atoms with van der Waals surface area (Å²) >= 11 is 0. The summed E-state index contributed by atoms with van der Waals surface area (Å²) in [5.41, 5.74) is 2.71. The van der Waals surface area contributed by atoms with E-state index in [4.69, 9.17) is 4.74 Å². The molecule has 1 N–H and O–H groups in total. The van der Waals surface area contributed by atoms with Gasteiger partial charge in [0.15, 0.2) is 0 Å². The fourth-order valence-corrected chi connectivity index (χ4v) is 3.38. The van der Waals surface area contributed by atoms with E-state index in [1.807, 2.05) is 31.2 Å². The largest absolute Gasteiger partial charge is 0.497 e. The van der Waals surface area contributed by atoms with E-state index in [0.717, 1.165) is 5.56 Å². The Morgan fingerprint density at radius 3 is 2.40 bits per heavy atom. The van der Waals surface area contributed by atoms with Gasteiger partial charge in [-0.15, -0.1) is 0 Å². The molecule has 0 fully saturated rings. The van der Waals surface area contributed by atoms with Gasteiger partial charge in [0.25, 0.3) is 10.0 Å². The Kier molecular flexibility index (Phi) is 4.76. The maximum atomic E-state index is 12.4. The van der Waals surface area contributed by atoms with Crippen molar-refractivity contribution in [2.24, 2.45) is 0 Å². The number of sulfonamides is 1. The van der Waals surface area contributed by atoms with Crippen molar-refractivity contribution in [2.45, 2.75) is 18.4 Å². The lowest BCUT2D eigenvalue weighted by Crippen LogP contribution is -2.12. The number of rotatable bonds is 6. The lowest BCUT2D eigenvalue weighted by atomic mass is 10.1. The minimum absolute atomic E-state index is 0.166. The van der Waals surface area contributed by atoms with E-state index in [1.54, 1.807) is 23.0 Å². The van der Waals surface area contributed by atoms with Gasteiger partial charge < -0.3 is 4.74 Å². The molecule has 0 bridgehead atoms. The highest BCUT2D eigenvalue weighted by Crippen LogP contribution is 2.19. The predicted octanol–water partition coefficient (Wildman–Crippen LogP) is 3.05. The molecule has 0 atom stereocenters. The number of hydrogen-bond donors (Lipinski definition) is 1. The molecule has 1 heterocycles. The SMILES string of the molecule is COc1ccc(S(=O)(=O)Nc2cnn(Cc3ccc(C)cc3)c2)cc1. The zero-order valence-corrected chi connectivity index (χ0v) is 14.8. The lowest BCUT2D eigenvalue weighted by Gasteiger charge is -2.07. The van der Waals surface area contributed by atoms with Gasteiger partial charge in [-0.2, -0.15) is 5.10 Å². The van der Waals surface area contributed by atoms with Crippen molar-refractivity contribution in [2.75, 3.05) is 11.8 Å². The molecule has 0 radical (unpaired) electrons. The highest BCUT2D eigenvalue weighted by atomic mass is 32.2. The minimum Gasteiger partial charge on any atom is -0.497 e. The van der Waals surface area contributed by atoms with Crippen molar-refractivity contribution in [3.05, 3.63) is 72.1 Å². The molecule has 2 aromatic carbocycles. The number of ether oxygens (including phenoxy) is 1. The van der Waals surface area contributed by atoms with Gasteiger partial charge in [0.2, 0.25) is 0 Å². The summed E-state index contributed by atoms with van der Waals surface area (Å²) < 4.78 is 34.1. The topological polar surface area (TPSA) is 73.2 Å². The molecule has 0 aliphatic carbocycles. The van der Waals surface area contributed by atoms with Crippen LogP contribution in [0.15, 0.2) is 65.8 Å². The van der Waals surface area contributed by atoms with Crippen LogP contribution in [-0.4, -0.2) is 25.3 Å². The van der Waals surface area contributed by atoms with Crippen molar-refractivity contribution in [3.8, 4) is 5.75 Å². The van der Waals surface area contributed by atoms with Crippen LogP contribution in [0.4, 0.5) is 5.69 Å². The predicted molar refractivity (Wildman–Crippen MR) is 96.3 cm³/mol. The smallest absolute Gasteiger partial charge is 0.261 e. The summed E-state index contributed by atoms with van der Waals surface area (Å²) in [6.45, 7) is 2.61. The molecule has 1 aromatic heterocycles. The van der Waals surface area contributed by atoms with E-state index in [1.165, 1.54) is 31.0 Å². The Hall–Kier alpha value is -2.80. The van der Waals surface area contributed by atoms with Crippen LogP contribution >= 0.6 is 0 Å². The summed E-state index contributed by atoms with van der Waals surface area (Å²) in [6, 6.07) is 14.3. The van der Waals surface area contributed by atoms with E-state index in [-0.39, 0.29) is 4.90 Å². The van der Waals surface area contributed by atoms with Gasteiger partial charge in [-0.25, -0.2) is 8.42 Å². The normalized spacial score (nSPS) is 11.3. The number of benzene rings is 2. The van der Waals surface area contributed by atoms with Crippen LogP contribution in [-0.2, 0) is 16.6 Å². The van der Waals surface area contributed by atoms with Crippen LogP contribution in [0.3, 0.4) is 0 Å². The number of nitrogens with zero attached hydrogens (tertiary/aromatic N) is 2. The molecule has 3 rings (SSSR count). The van der Waals surface area contributed by atoms with Crippen LogP contribution in [0.25, 0.3) is 0 Å². The van der Waals surface area contributed by atoms with Crippen molar-refractivity contribution in [1.82, 2.24) is 9.78 Å². The number of hydrogen-bond acceptors (Lipinski definition) is 4. The molecule has 25 heavy (non-hydrogen) atoms. The monoisotopic (exact) mass is 357 g/mol. The Morgan fingerprint density at radius 2 is 1.76 bits per heavy atom. The van der Waals surface area contributed by atoms with Gasteiger partial charge in [0.1, 0.15) is 5.75 Å². The third kappa shape index (κ3) is 4.19. The van der Waals surface area contributed by atoms with E-state index in [9.17, 15) is 8.42 Å². The zero-order valence-electron chi connectivity index (χ0n) is 14.0. The third-order valence-corrected chi connectivity index (χ3v) is 5.12. The highest BCUT2D eigenvalue weighted by molar-refractivity contribution is 7.92. The Morgan fingerprint density at radius 1 is 1.08 bits per heavy atom. The van der Waals surface area contributed by atoms with Crippen molar-refractivity contribution in [3.63, 3.8) is 0 Å². The van der Waals surface area contributed by atoms with Crippen LogP contribution in [0.5, 0.6) is 5.75 Å². The van der Waals surface area contributed by atoms with Crippen molar-refractivity contribution in [1.29, 1.82) is 0 Å². The molecule has 7 heteroatoms. The van der Waals surface area contributed by atoms with E-state index in [2.05, 4.69) is 9.82 Å². The summed E-state index contributed by atoms with van der Waals surface area (Å²) in [6.07, 6.45) is 3.16. The molecule has 3 aromatic rings. The van der Waals surface area contributed by atoms with E-state index in [0.29, 0.717) is 18.0 Å². The van der Waals surface area contributed by atoms with E-state index >= 15 is 0 Å². The van der Waals surface area contributed by atoms with Crippen LogP contribution in [0.1, 0.15) is 11.1 Å². The number of aryl methyl sites for hydroxylation is 1. The standard InChI is InChI=1S/C18H19N3O3S/c1-14-3-5-15(6-4-14)12-21-13-16(11-19-21)20-25(22,23)18-9-7-17(24-2)8-10-18/h3-11,13,20H,12H2,1-2H3. The second-order valence-corrected chi connectivity index (χ2v) is 7.38.